The maximum absolute atomic E-state index is 13.3. The first-order chi connectivity index (χ1) is 7.88. The Labute approximate surface area is 98.8 Å². The van der Waals surface area contributed by atoms with Gasteiger partial charge >= 0.3 is 5.97 Å². The fourth-order valence-corrected chi connectivity index (χ4v) is 1.30. The lowest BCUT2D eigenvalue weighted by molar-refractivity contribution is -0.149. The van der Waals surface area contributed by atoms with Gasteiger partial charge in [-0.1, -0.05) is 6.07 Å². The van der Waals surface area contributed by atoms with Crippen molar-refractivity contribution in [3.8, 4) is 0 Å². The molecule has 0 unspecified atom stereocenters. The third-order valence-electron chi connectivity index (χ3n) is 2.41. The van der Waals surface area contributed by atoms with Gasteiger partial charge in [0, 0.05) is 6.54 Å². The number of ether oxygens (including phenoxy) is 1. The summed E-state index contributed by atoms with van der Waals surface area (Å²) in [6, 6.07) is 3.84. The Morgan fingerprint density at radius 2 is 2.06 bits per heavy atom. The van der Waals surface area contributed by atoms with Crippen molar-refractivity contribution >= 4 is 11.7 Å². The molecule has 0 saturated carbocycles. The van der Waals surface area contributed by atoms with Crippen molar-refractivity contribution in [3.05, 3.63) is 29.8 Å². The lowest BCUT2D eigenvalue weighted by Gasteiger charge is -2.22. The molecule has 94 valence electrons. The number of carbonyl (C=O) groups is 1. The van der Waals surface area contributed by atoms with E-state index in [1.54, 1.807) is 13.8 Å². The van der Waals surface area contributed by atoms with E-state index in [2.05, 4.69) is 10.1 Å². The summed E-state index contributed by atoms with van der Waals surface area (Å²) in [6.45, 7) is 3.46. The van der Waals surface area contributed by atoms with Crippen LogP contribution >= 0.6 is 0 Å². The first kappa shape index (κ1) is 13.4. The highest BCUT2D eigenvalue weighted by Crippen LogP contribution is 2.21. The van der Waals surface area contributed by atoms with Crippen LogP contribution in [-0.2, 0) is 9.53 Å². The number of hydrogen-bond acceptors (Lipinski definition) is 3. The third-order valence-corrected chi connectivity index (χ3v) is 2.41. The van der Waals surface area contributed by atoms with Crippen LogP contribution in [0, 0.1) is 17.0 Å². The molecular formula is C12H15F2NO2. The summed E-state index contributed by atoms with van der Waals surface area (Å²) in [5.41, 5.74) is -0.782. The fraction of sp³-hybridized carbons (Fsp3) is 0.417. The van der Waals surface area contributed by atoms with Crippen LogP contribution in [0.1, 0.15) is 13.8 Å². The molecule has 5 heteroatoms. The highest BCUT2D eigenvalue weighted by molar-refractivity contribution is 5.76. The molecule has 1 aromatic carbocycles. The predicted molar refractivity (Wildman–Crippen MR) is 60.6 cm³/mol. The maximum Gasteiger partial charge on any atom is 0.313 e. The molecule has 0 radical (unpaired) electrons. The number of rotatable bonds is 4. The van der Waals surface area contributed by atoms with Gasteiger partial charge in [-0.3, -0.25) is 4.79 Å². The normalized spacial score (nSPS) is 11.1. The Bertz CT molecular complexity index is 419. The van der Waals surface area contributed by atoms with E-state index >= 15 is 0 Å². The predicted octanol–water partition coefficient (Wildman–Crippen LogP) is 2.58. The molecular weight excluding hydrogens is 228 g/mol. The van der Waals surface area contributed by atoms with Crippen molar-refractivity contribution < 1.29 is 18.3 Å². The smallest absolute Gasteiger partial charge is 0.313 e. The second-order valence-electron chi connectivity index (χ2n) is 4.33. The lowest BCUT2D eigenvalue weighted by Crippen LogP contribution is -2.33. The molecule has 0 heterocycles. The number of methoxy groups -OCH3 is 1. The van der Waals surface area contributed by atoms with Crippen LogP contribution in [0.15, 0.2) is 18.2 Å². The zero-order chi connectivity index (χ0) is 13.1. The summed E-state index contributed by atoms with van der Waals surface area (Å²) in [5, 5.41) is 2.69. The van der Waals surface area contributed by atoms with Crippen molar-refractivity contribution in [2.45, 2.75) is 13.8 Å². The molecule has 17 heavy (non-hydrogen) atoms. The van der Waals surface area contributed by atoms with Crippen LogP contribution in [0.25, 0.3) is 0 Å². The van der Waals surface area contributed by atoms with Crippen molar-refractivity contribution in [1.29, 1.82) is 0 Å². The quantitative estimate of drug-likeness (QED) is 0.826. The number of halogens is 2. The lowest BCUT2D eigenvalue weighted by atomic mass is 9.93. The highest BCUT2D eigenvalue weighted by Gasteiger charge is 2.28. The maximum atomic E-state index is 13.3. The Kier molecular flexibility index (Phi) is 4.04. The monoisotopic (exact) mass is 243 g/mol. The van der Waals surface area contributed by atoms with Crippen LogP contribution in [0.3, 0.4) is 0 Å². The van der Waals surface area contributed by atoms with Gasteiger partial charge in [-0.2, -0.15) is 0 Å². The van der Waals surface area contributed by atoms with E-state index < -0.39 is 23.0 Å². The molecule has 0 saturated heterocycles. The molecule has 0 atom stereocenters. The molecule has 0 spiro atoms. The van der Waals surface area contributed by atoms with Gasteiger partial charge in [0.15, 0.2) is 11.6 Å². The van der Waals surface area contributed by atoms with Gasteiger partial charge in [0.25, 0.3) is 0 Å². The zero-order valence-corrected chi connectivity index (χ0v) is 10.0. The zero-order valence-electron chi connectivity index (χ0n) is 10.0. The van der Waals surface area contributed by atoms with Gasteiger partial charge in [-0.05, 0) is 26.0 Å². The second kappa shape index (κ2) is 5.12. The van der Waals surface area contributed by atoms with Gasteiger partial charge in [-0.25, -0.2) is 8.78 Å². The van der Waals surface area contributed by atoms with E-state index in [9.17, 15) is 13.6 Å². The average molecular weight is 243 g/mol. The third kappa shape index (κ3) is 3.15. The van der Waals surface area contributed by atoms with E-state index in [4.69, 9.17) is 0 Å². The van der Waals surface area contributed by atoms with Crippen molar-refractivity contribution in [2.24, 2.45) is 5.41 Å². The summed E-state index contributed by atoms with van der Waals surface area (Å²) in [7, 11) is 1.28. The number of anilines is 1. The van der Waals surface area contributed by atoms with Crippen LogP contribution in [0.4, 0.5) is 14.5 Å². The Hall–Kier alpha value is -1.65. The minimum Gasteiger partial charge on any atom is -0.469 e. The highest BCUT2D eigenvalue weighted by atomic mass is 19.2. The van der Waals surface area contributed by atoms with E-state index in [0.29, 0.717) is 0 Å². The first-order valence-electron chi connectivity index (χ1n) is 5.15. The van der Waals surface area contributed by atoms with Gasteiger partial charge < -0.3 is 10.1 Å². The molecule has 1 aromatic rings. The van der Waals surface area contributed by atoms with Gasteiger partial charge in [0.2, 0.25) is 0 Å². The van der Waals surface area contributed by atoms with Crippen molar-refractivity contribution in [3.63, 3.8) is 0 Å². The largest absolute Gasteiger partial charge is 0.469 e. The van der Waals surface area contributed by atoms with Gasteiger partial charge in [-0.15, -0.1) is 0 Å². The molecule has 3 nitrogen and oxygen atoms in total. The summed E-state index contributed by atoms with van der Waals surface area (Å²) >= 11 is 0. The molecule has 0 aliphatic heterocycles. The SMILES string of the molecule is COC(=O)C(C)(C)CNc1cccc(F)c1F. The van der Waals surface area contributed by atoms with E-state index in [1.807, 2.05) is 0 Å². The minimum absolute atomic E-state index is 0.0296. The molecule has 0 aliphatic rings. The van der Waals surface area contributed by atoms with E-state index in [1.165, 1.54) is 19.2 Å². The second-order valence-corrected chi connectivity index (χ2v) is 4.33. The molecule has 0 amide bonds. The summed E-state index contributed by atoms with van der Waals surface area (Å²) in [4.78, 5) is 11.4. The van der Waals surface area contributed by atoms with E-state index in [0.717, 1.165) is 6.07 Å². The average Bonchev–Trinajstić information content (AvgIpc) is 2.30. The van der Waals surface area contributed by atoms with E-state index in [-0.39, 0.29) is 12.2 Å². The molecule has 0 aromatic heterocycles. The fourth-order valence-electron chi connectivity index (χ4n) is 1.30. The summed E-state index contributed by atoms with van der Waals surface area (Å²) < 4.78 is 30.8. The standard InChI is InChI=1S/C12H15F2NO2/c1-12(2,11(16)17-3)7-15-9-6-4-5-8(13)10(9)14/h4-6,15H,7H2,1-3H3. The first-order valence-corrected chi connectivity index (χ1v) is 5.15. The van der Waals surface area contributed by atoms with Crippen LogP contribution < -0.4 is 5.32 Å². The number of hydrogen-bond donors (Lipinski definition) is 1. The topological polar surface area (TPSA) is 38.3 Å². The molecule has 1 rings (SSSR count). The van der Waals surface area contributed by atoms with Crippen LogP contribution in [0.5, 0.6) is 0 Å². The molecule has 0 aliphatic carbocycles. The Morgan fingerprint density at radius 1 is 1.41 bits per heavy atom. The van der Waals surface area contributed by atoms with Gasteiger partial charge in [0.05, 0.1) is 18.2 Å². The number of nitrogens with one attached hydrogen (secondary N) is 1. The van der Waals surface area contributed by atoms with Crippen LogP contribution in [0.2, 0.25) is 0 Å². The molecule has 0 fully saturated rings. The molecule has 0 bridgehead atoms. The summed E-state index contributed by atoms with van der Waals surface area (Å²) in [6.07, 6.45) is 0. The number of carbonyl (C=O) groups excluding carboxylic acids is 1. The van der Waals surface area contributed by atoms with Gasteiger partial charge in [0.1, 0.15) is 0 Å². The Morgan fingerprint density at radius 3 is 2.65 bits per heavy atom. The van der Waals surface area contributed by atoms with Crippen molar-refractivity contribution in [2.75, 3.05) is 19.0 Å². The summed E-state index contributed by atoms with van der Waals surface area (Å²) in [5.74, 6) is -2.29. The van der Waals surface area contributed by atoms with Crippen molar-refractivity contribution in [1.82, 2.24) is 0 Å². The van der Waals surface area contributed by atoms with Crippen LogP contribution in [-0.4, -0.2) is 19.6 Å². The minimum atomic E-state index is -0.951. The number of benzene rings is 1. The molecule has 1 N–H and O–H groups in total. The number of esters is 1. The Balaban J connectivity index is 2.74.